The molecule has 1 rings (SSSR count). The van der Waals surface area contributed by atoms with E-state index in [2.05, 4.69) is 0 Å². The minimum absolute atomic E-state index is 0.571. The van der Waals surface area contributed by atoms with E-state index in [4.69, 9.17) is 22.7 Å². The van der Waals surface area contributed by atoms with Crippen LogP contribution in [-0.4, -0.2) is 6.21 Å². The van der Waals surface area contributed by atoms with E-state index in [9.17, 15) is 0 Å². The minimum Gasteiger partial charge on any atom is -0.398 e. The van der Waals surface area contributed by atoms with Crippen LogP contribution in [0.15, 0.2) is 30.3 Å². The van der Waals surface area contributed by atoms with E-state index in [1.807, 2.05) is 12.1 Å². The highest BCUT2D eigenvalue weighted by Gasteiger charge is 1.93. The number of rotatable bonds is 2. The monoisotopic (exact) mass is 180 g/mol. The Bertz CT molecular complexity index is 301. The van der Waals surface area contributed by atoms with Gasteiger partial charge in [0.25, 0.3) is 0 Å². The average Bonchev–Trinajstić information content (AvgIpc) is 2.06. The Morgan fingerprint density at radius 2 is 1.92 bits per heavy atom. The standard InChI is InChI=1S/C9H9ClN2/c10-8-3-1-7(2-4-8)9(12)5-6-11/h1-6,11H,12H2. The molecule has 0 heterocycles. The van der Waals surface area contributed by atoms with Crippen molar-refractivity contribution in [3.8, 4) is 0 Å². The van der Waals surface area contributed by atoms with Gasteiger partial charge in [0.1, 0.15) is 0 Å². The molecule has 0 aliphatic carbocycles. The summed E-state index contributed by atoms with van der Waals surface area (Å²) in [5, 5.41) is 7.50. The molecule has 0 aromatic heterocycles. The van der Waals surface area contributed by atoms with Gasteiger partial charge in [-0.2, -0.15) is 0 Å². The molecule has 0 spiro atoms. The molecule has 0 aliphatic rings. The number of allylic oxidation sites excluding steroid dienone is 1. The molecule has 0 unspecified atom stereocenters. The van der Waals surface area contributed by atoms with Crippen LogP contribution in [0.2, 0.25) is 5.02 Å². The van der Waals surface area contributed by atoms with Crippen molar-refractivity contribution >= 4 is 23.5 Å². The third-order valence-electron chi connectivity index (χ3n) is 1.44. The zero-order valence-corrected chi connectivity index (χ0v) is 7.18. The summed E-state index contributed by atoms with van der Waals surface area (Å²) in [6.45, 7) is 0. The van der Waals surface area contributed by atoms with Crippen LogP contribution in [0.3, 0.4) is 0 Å². The first-order valence-corrected chi connectivity index (χ1v) is 3.84. The minimum atomic E-state index is 0.571. The van der Waals surface area contributed by atoms with Gasteiger partial charge < -0.3 is 11.1 Å². The maximum absolute atomic E-state index is 6.82. The normalized spacial score (nSPS) is 11.2. The predicted octanol–water partition coefficient (Wildman–Crippen LogP) is 2.29. The highest BCUT2D eigenvalue weighted by Crippen LogP contribution is 2.13. The van der Waals surface area contributed by atoms with E-state index in [0.29, 0.717) is 10.7 Å². The quantitative estimate of drug-likeness (QED) is 0.675. The second-order valence-electron chi connectivity index (χ2n) is 2.30. The van der Waals surface area contributed by atoms with Crippen molar-refractivity contribution in [3.63, 3.8) is 0 Å². The zero-order chi connectivity index (χ0) is 8.97. The maximum atomic E-state index is 6.82. The predicted molar refractivity (Wildman–Crippen MR) is 52.4 cm³/mol. The first-order valence-electron chi connectivity index (χ1n) is 3.46. The Labute approximate surface area is 76.2 Å². The van der Waals surface area contributed by atoms with Crippen molar-refractivity contribution in [1.82, 2.24) is 0 Å². The number of nitrogens with two attached hydrogens (primary N) is 1. The van der Waals surface area contributed by atoms with Gasteiger partial charge >= 0.3 is 0 Å². The summed E-state index contributed by atoms with van der Waals surface area (Å²) in [5.41, 5.74) is 7.07. The molecule has 0 atom stereocenters. The van der Waals surface area contributed by atoms with Gasteiger partial charge in [0.15, 0.2) is 0 Å². The van der Waals surface area contributed by atoms with Crippen LogP contribution in [0, 0.1) is 5.41 Å². The van der Waals surface area contributed by atoms with E-state index < -0.39 is 0 Å². The molecule has 3 heteroatoms. The van der Waals surface area contributed by atoms with Crippen molar-refractivity contribution in [2.45, 2.75) is 0 Å². The smallest absolute Gasteiger partial charge is 0.0406 e. The van der Waals surface area contributed by atoms with E-state index in [-0.39, 0.29) is 0 Å². The van der Waals surface area contributed by atoms with E-state index >= 15 is 0 Å². The van der Waals surface area contributed by atoms with Crippen molar-refractivity contribution in [2.75, 3.05) is 0 Å². The van der Waals surface area contributed by atoms with Gasteiger partial charge in [-0.15, -0.1) is 0 Å². The Morgan fingerprint density at radius 1 is 1.33 bits per heavy atom. The first kappa shape index (κ1) is 8.81. The Morgan fingerprint density at radius 3 is 2.42 bits per heavy atom. The molecule has 0 bridgehead atoms. The third kappa shape index (κ3) is 2.10. The highest BCUT2D eigenvalue weighted by atomic mass is 35.5. The van der Waals surface area contributed by atoms with Crippen LogP contribution < -0.4 is 5.73 Å². The van der Waals surface area contributed by atoms with E-state index in [1.165, 1.54) is 6.08 Å². The van der Waals surface area contributed by atoms with Crippen LogP contribution in [0.4, 0.5) is 0 Å². The fourth-order valence-electron chi connectivity index (χ4n) is 0.828. The molecule has 0 aliphatic heterocycles. The molecule has 1 aromatic rings. The topological polar surface area (TPSA) is 49.9 Å². The molecule has 12 heavy (non-hydrogen) atoms. The number of halogens is 1. The number of benzene rings is 1. The van der Waals surface area contributed by atoms with Crippen molar-refractivity contribution in [2.24, 2.45) is 5.73 Å². The molecule has 0 saturated carbocycles. The SMILES string of the molecule is N=CC=C(N)c1ccc(Cl)cc1. The summed E-state index contributed by atoms with van der Waals surface area (Å²) in [5.74, 6) is 0. The molecule has 62 valence electrons. The fraction of sp³-hybridized carbons (Fsp3) is 0. The van der Waals surface area contributed by atoms with Crippen LogP contribution in [0.1, 0.15) is 5.56 Å². The van der Waals surface area contributed by atoms with Gasteiger partial charge in [0, 0.05) is 16.9 Å². The van der Waals surface area contributed by atoms with Crippen molar-refractivity contribution < 1.29 is 0 Å². The first-order chi connectivity index (χ1) is 5.74. The molecular formula is C9H9ClN2. The summed E-state index contributed by atoms with van der Waals surface area (Å²) in [7, 11) is 0. The molecule has 1 aromatic carbocycles. The highest BCUT2D eigenvalue weighted by molar-refractivity contribution is 6.30. The number of hydrogen-bond acceptors (Lipinski definition) is 2. The summed E-state index contributed by atoms with van der Waals surface area (Å²) in [6, 6.07) is 7.17. The van der Waals surface area contributed by atoms with Crippen molar-refractivity contribution in [1.29, 1.82) is 5.41 Å². The summed E-state index contributed by atoms with van der Waals surface area (Å²) in [6.07, 6.45) is 2.69. The fourth-order valence-corrected chi connectivity index (χ4v) is 0.954. The largest absolute Gasteiger partial charge is 0.398 e. The van der Waals surface area contributed by atoms with Gasteiger partial charge in [-0.05, 0) is 23.8 Å². The number of nitrogens with one attached hydrogen (secondary N) is 1. The van der Waals surface area contributed by atoms with Crippen LogP contribution in [0.5, 0.6) is 0 Å². The van der Waals surface area contributed by atoms with Crippen LogP contribution in [-0.2, 0) is 0 Å². The molecule has 0 radical (unpaired) electrons. The average molecular weight is 181 g/mol. The zero-order valence-electron chi connectivity index (χ0n) is 6.42. The maximum Gasteiger partial charge on any atom is 0.0406 e. The second-order valence-corrected chi connectivity index (χ2v) is 2.73. The van der Waals surface area contributed by atoms with E-state index in [0.717, 1.165) is 11.8 Å². The summed E-state index contributed by atoms with van der Waals surface area (Å²) in [4.78, 5) is 0. The van der Waals surface area contributed by atoms with Crippen LogP contribution in [0.25, 0.3) is 5.70 Å². The molecule has 2 nitrogen and oxygen atoms in total. The molecule has 0 amide bonds. The lowest BCUT2D eigenvalue weighted by molar-refractivity contribution is 1.51. The third-order valence-corrected chi connectivity index (χ3v) is 1.69. The Kier molecular flexibility index (Phi) is 2.88. The van der Waals surface area contributed by atoms with Gasteiger partial charge in [0.05, 0.1) is 0 Å². The van der Waals surface area contributed by atoms with Gasteiger partial charge in [-0.1, -0.05) is 23.7 Å². The second kappa shape index (κ2) is 3.93. The lowest BCUT2D eigenvalue weighted by Gasteiger charge is -1.99. The molecular weight excluding hydrogens is 172 g/mol. The van der Waals surface area contributed by atoms with Gasteiger partial charge in [-0.3, -0.25) is 0 Å². The van der Waals surface area contributed by atoms with Gasteiger partial charge in [-0.25, -0.2) is 0 Å². The molecule has 3 N–H and O–H groups in total. The molecule has 0 fully saturated rings. The van der Waals surface area contributed by atoms with Gasteiger partial charge in [0.2, 0.25) is 0 Å². The van der Waals surface area contributed by atoms with Crippen molar-refractivity contribution in [3.05, 3.63) is 40.9 Å². The number of hydrogen-bond donors (Lipinski definition) is 2. The summed E-state index contributed by atoms with van der Waals surface area (Å²) < 4.78 is 0. The Balaban J connectivity index is 2.97. The Hall–Kier alpha value is -1.28. The molecule has 0 saturated heterocycles. The summed E-state index contributed by atoms with van der Waals surface area (Å²) >= 11 is 5.69. The van der Waals surface area contributed by atoms with E-state index in [1.54, 1.807) is 12.1 Å². The lowest BCUT2D eigenvalue weighted by Crippen LogP contribution is -1.95. The van der Waals surface area contributed by atoms with Crippen LogP contribution >= 0.6 is 11.6 Å². The lowest BCUT2D eigenvalue weighted by atomic mass is 10.1.